The summed E-state index contributed by atoms with van der Waals surface area (Å²) in [5.41, 5.74) is 1.18. The smallest absolute Gasteiger partial charge is 0.251 e. The summed E-state index contributed by atoms with van der Waals surface area (Å²) >= 11 is 0. The first-order chi connectivity index (χ1) is 14.6. The van der Waals surface area contributed by atoms with E-state index in [1.54, 1.807) is 12.1 Å². The van der Waals surface area contributed by atoms with Crippen LogP contribution in [0.5, 0.6) is 11.5 Å². The van der Waals surface area contributed by atoms with Crippen molar-refractivity contribution in [1.29, 1.82) is 0 Å². The van der Waals surface area contributed by atoms with Gasteiger partial charge in [0.05, 0.1) is 18.2 Å². The minimum atomic E-state index is -0.562. The molecule has 0 saturated carbocycles. The fourth-order valence-electron chi connectivity index (χ4n) is 4.32. The average molecular weight is 411 g/mol. The summed E-state index contributed by atoms with van der Waals surface area (Å²) in [6.07, 6.45) is 0.0926. The van der Waals surface area contributed by atoms with Gasteiger partial charge >= 0.3 is 0 Å². The number of para-hydroxylation sites is 1. The number of amides is 2. The molecule has 0 aliphatic carbocycles. The molecule has 2 fully saturated rings. The Bertz CT molecular complexity index is 990. The molecular formula is C22H22FN3O4. The highest BCUT2D eigenvalue weighted by molar-refractivity contribution is 6.22. The molecule has 0 N–H and O–H groups in total. The highest BCUT2D eigenvalue weighted by atomic mass is 19.1. The van der Waals surface area contributed by atoms with Crippen LogP contribution in [0.15, 0.2) is 42.5 Å². The van der Waals surface area contributed by atoms with Gasteiger partial charge in [0.2, 0.25) is 12.7 Å². The molecule has 0 bridgehead atoms. The number of carbonyl (C=O) groups is 2. The lowest BCUT2D eigenvalue weighted by Crippen LogP contribution is -2.52. The van der Waals surface area contributed by atoms with Crippen LogP contribution in [-0.2, 0) is 16.1 Å². The lowest BCUT2D eigenvalue weighted by Gasteiger charge is -2.37. The Morgan fingerprint density at radius 2 is 1.73 bits per heavy atom. The van der Waals surface area contributed by atoms with Crippen LogP contribution < -0.4 is 14.4 Å². The van der Waals surface area contributed by atoms with Gasteiger partial charge in [0.15, 0.2) is 11.5 Å². The molecule has 8 heteroatoms. The van der Waals surface area contributed by atoms with Gasteiger partial charge in [-0.3, -0.25) is 19.4 Å². The summed E-state index contributed by atoms with van der Waals surface area (Å²) in [7, 11) is 0. The number of hydrogen-bond donors (Lipinski definition) is 0. The van der Waals surface area contributed by atoms with Crippen LogP contribution in [0.4, 0.5) is 10.1 Å². The fraction of sp³-hybridized carbons (Fsp3) is 0.364. The van der Waals surface area contributed by atoms with E-state index in [2.05, 4.69) is 4.90 Å². The van der Waals surface area contributed by atoms with Gasteiger partial charge in [-0.2, -0.15) is 0 Å². The molecule has 2 aromatic carbocycles. The maximum Gasteiger partial charge on any atom is 0.251 e. The number of imide groups is 1. The van der Waals surface area contributed by atoms with Crippen LogP contribution in [0.3, 0.4) is 0 Å². The molecule has 0 aromatic heterocycles. The van der Waals surface area contributed by atoms with Crippen molar-refractivity contribution in [2.45, 2.75) is 19.0 Å². The van der Waals surface area contributed by atoms with E-state index in [1.807, 2.05) is 23.1 Å². The zero-order valence-electron chi connectivity index (χ0n) is 16.4. The van der Waals surface area contributed by atoms with Crippen LogP contribution in [0.25, 0.3) is 0 Å². The standard InChI is InChI=1S/C22H22FN3O4/c23-16-3-1-2-4-17(16)26-21(27)12-18(22(26)28)25-9-7-24(8-10-25)13-15-5-6-19-20(11-15)30-14-29-19/h1-6,11,18H,7-10,12-14H2/t18-/m1/s1. The summed E-state index contributed by atoms with van der Waals surface area (Å²) in [5, 5.41) is 0. The van der Waals surface area contributed by atoms with E-state index < -0.39 is 11.9 Å². The number of fused-ring (bicyclic) bond motifs is 1. The first-order valence-electron chi connectivity index (χ1n) is 10.1. The van der Waals surface area contributed by atoms with Gasteiger partial charge in [-0.15, -0.1) is 0 Å². The number of rotatable bonds is 4. The zero-order chi connectivity index (χ0) is 20.7. The van der Waals surface area contributed by atoms with Gasteiger partial charge in [-0.05, 0) is 29.8 Å². The third-order valence-electron chi connectivity index (χ3n) is 5.91. The predicted octanol–water partition coefficient (Wildman–Crippen LogP) is 2.00. The average Bonchev–Trinajstić information content (AvgIpc) is 3.33. The predicted molar refractivity (Wildman–Crippen MR) is 107 cm³/mol. The van der Waals surface area contributed by atoms with Gasteiger partial charge < -0.3 is 9.47 Å². The molecule has 2 amide bonds. The third kappa shape index (κ3) is 3.42. The Hall–Kier alpha value is -2.97. The van der Waals surface area contributed by atoms with Crippen LogP contribution in [0.1, 0.15) is 12.0 Å². The number of halogens is 1. The summed E-state index contributed by atoms with van der Waals surface area (Å²) in [6, 6.07) is 11.3. The summed E-state index contributed by atoms with van der Waals surface area (Å²) in [4.78, 5) is 30.7. The highest BCUT2D eigenvalue weighted by Crippen LogP contribution is 2.33. The number of hydrogen-bond acceptors (Lipinski definition) is 6. The van der Waals surface area contributed by atoms with Crippen molar-refractivity contribution in [2.24, 2.45) is 0 Å². The second kappa shape index (κ2) is 7.70. The number of ether oxygens (including phenoxy) is 2. The maximum absolute atomic E-state index is 14.1. The Morgan fingerprint density at radius 3 is 2.53 bits per heavy atom. The quantitative estimate of drug-likeness (QED) is 0.718. The van der Waals surface area contributed by atoms with Gasteiger partial charge in [0.1, 0.15) is 5.82 Å². The summed E-state index contributed by atoms with van der Waals surface area (Å²) in [6.45, 7) is 3.97. The number of nitrogens with zero attached hydrogens (tertiary/aromatic N) is 3. The molecule has 5 rings (SSSR count). The van der Waals surface area contributed by atoms with E-state index in [1.165, 1.54) is 12.1 Å². The first kappa shape index (κ1) is 19.0. The SMILES string of the molecule is O=C1C[C@@H](N2CCN(Cc3ccc4c(c3)OCO4)CC2)C(=O)N1c1ccccc1F. The van der Waals surface area contributed by atoms with Gasteiger partial charge in [-0.1, -0.05) is 18.2 Å². The first-order valence-corrected chi connectivity index (χ1v) is 10.1. The molecule has 1 atom stereocenters. The highest BCUT2D eigenvalue weighted by Gasteiger charge is 2.44. The lowest BCUT2D eigenvalue weighted by molar-refractivity contribution is -0.123. The van der Waals surface area contributed by atoms with Crippen LogP contribution >= 0.6 is 0 Å². The van der Waals surface area contributed by atoms with Crippen molar-refractivity contribution in [2.75, 3.05) is 37.9 Å². The molecule has 156 valence electrons. The molecule has 3 aliphatic rings. The van der Waals surface area contributed by atoms with Crippen LogP contribution in [0, 0.1) is 5.82 Å². The van der Waals surface area contributed by atoms with Crippen molar-refractivity contribution in [3.05, 3.63) is 53.8 Å². The second-order valence-corrected chi connectivity index (χ2v) is 7.74. The Balaban J connectivity index is 1.21. The number of benzene rings is 2. The molecule has 2 saturated heterocycles. The number of carbonyl (C=O) groups excluding carboxylic acids is 2. The van der Waals surface area contributed by atoms with Crippen molar-refractivity contribution < 1.29 is 23.5 Å². The molecule has 30 heavy (non-hydrogen) atoms. The van der Waals surface area contributed by atoms with E-state index >= 15 is 0 Å². The van der Waals surface area contributed by atoms with Crippen LogP contribution in [-0.4, -0.2) is 60.6 Å². The largest absolute Gasteiger partial charge is 0.454 e. The number of anilines is 1. The van der Waals surface area contributed by atoms with E-state index in [4.69, 9.17) is 9.47 Å². The van der Waals surface area contributed by atoms with Gasteiger partial charge in [-0.25, -0.2) is 9.29 Å². The molecular weight excluding hydrogens is 389 g/mol. The molecule has 0 radical (unpaired) electrons. The van der Waals surface area contributed by atoms with E-state index in [0.29, 0.717) is 13.1 Å². The minimum absolute atomic E-state index is 0.0384. The molecule has 3 heterocycles. The Labute approximate surface area is 173 Å². The topological polar surface area (TPSA) is 62.3 Å². The van der Waals surface area contributed by atoms with Crippen molar-refractivity contribution in [1.82, 2.24) is 9.80 Å². The molecule has 0 spiro atoms. The van der Waals surface area contributed by atoms with E-state index in [9.17, 15) is 14.0 Å². The second-order valence-electron chi connectivity index (χ2n) is 7.74. The molecule has 2 aromatic rings. The van der Waals surface area contributed by atoms with Crippen molar-refractivity contribution in [3.8, 4) is 11.5 Å². The summed E-state index contributed by atoms with van der Waals surface area (Å²) < 4.78 is 24.9. The zero-order valence-corrected chi connectivity index (χ0v) is 16.4. The van der Waals surface area contributed by atoms with Crippen molar-refractivity contribution in [3.63, 3.8) is 0 Å². The fourth-order valence-corrected chi connectivity index (χ4v) is 4.32. The van der Waals surface area contributed by atoms with Crippen molar-refractivity contribution >= 4 is 17.5 Å². The maximum atomic E-state index is 14.1. The van der Waals surface area contributed by atoms with Gasteiger partial charge in [0.25, 0.3) is 5.91 Å². The van der Waals surface area contributed by atoms with Gasteiger partial charge in [0, 0.05) is 32.7 Å². The Morgan fingerprint density at radius 1 is 0.967 bits per heavy atom. The van der Waals surface area contributed by atoms with Crippen LogP contribution in [0.2, 0.25) is 0 Å². The minimum Gasteiger partial charge on any atom is -0.454 e. The van der Waals surface area contributed by atoms with E-state index in [0.717, 1.165) is 41.6 Å². The molecule has 0 unspecified atom stereocenters. The monoisotopic (exact) mass is 411 g/mol. The third-order valence-corrected chi connectivity index (χ3v) is 5.91. The normalized spacial score (nSPS) is 22.2. The molecule has 7 nitrogen and oxygen atoms in total. The Kier molecular flexibility index (Phi) is 4.88. The number of piperazine rings is 1. The molecule has 3 aliphatic heterocycles. The lowest BCUT2D eigenvalue weighted by atomic mass is 10.1. The van der Waals surface area contributed by atoms with E-state index in [-0.39, 0.29) is 30.7 Å². The summed E-state index contributed by atoms with van der Waals surface area (Å²) in [5.74, 6) is 0.294.